The third kappa shape index (κ3) is 4.00. The fourth-order valence-electron chi connectivity index (χ4n) is 3.71. The lowest BCUT2D eigenvalue weighted by Crippen LogP contribution is -2.50. The third-order valence-electron chi connectivity index (χ3n) is 5.31. The van der Waals surface area contributed by atoms with Crippen LogP contribution in [0.3, 0.4) is 0 Å². The lowest BCUT2D eigenvalue weighted by atomic mass is 10.1. The van der Waals surface area contributed by atoms with E-state index in [9.17, 15) is 4.79 Å². The molecule has 0 spiro atoms. The van der Waals surface area contributed by atoms with Gasteiger partial charge >= 0.3 is 0 Å². The van der Waals surface area contributed by atoms with Crippen molar-refractivity contribution in [2.45, 2.75) is 38.6 Å². The molecule has 2 aliphatic rings. The first-order valence-corrected chi connectivity index (χ1v) is 9.17. The molecular formula is C17H29N7O. The lowest BCUT2D eigenvalue weighted by molar-refractivity contribution is -0.137. The van der Waals surface area contributed by atoms with Gasteiger partial charge in [0.1, 0.15) is 0 Å². The summed E-state index contributed by atoms with van der Waals surface area (Å²) in [5.74, 6) is 2.12. The predicted molar refractivity (Wildman–Crippen MR) is 97.1 cm³/mol. The molecule has 1 aliphatic heterocycles. The molecule has 0 radical (unpaired) electrons. The number of hydrogen-bond acceptors (Lipinski definition) is 7. The monoisotopic (exact) mass is 347 g/mol. The van der Waals surface area contributed by atoms with Gasteiger partial charge in [-0.25, -0.2) is 0 Å². The number of aromatic nitrogens is 3. The molecule has 2 fully saturated rings. The Morgan fingerprint density at radius 1 is 1.12 bits per heavy atom. The molecule has 1 atom stereocenters. The quantitative estimate of drug-likeness (QED) is 0.866. The topological polar surface area (TPSA) is 91.5 Å². The molecule has 3 rings (SSSR count). The van der Waals surface area contributed by atoms with Crippen LogP contribution in [0.5, 0.6) is 0 Å². The summed E-state index contributed by atoms with van der Waals surface area (Å²) in [4.78, 5) is 31.7. The van der Waals surface area contributed by atoms with Crippen molar-refractivity contribution in [2.75, 3.05) is 50.9 Å². The second kappa shape index (κ2) is 7.51. The Bertz CT molecular complexity index is 607. The van der Waals surface area contributed by atoms with Crippen molar-refractivity contribution in [2.24, 2.45) is 5.92 Å². The van der Waals surface area contributed by atoms with Crippen molar-refractivity contribution in [1.82, 2.24) is 24.8 Å². The molecule has 1 amide bonds. The Hall–Kier alpha value is -1.96. The first-order valence-electron chi connectivity index (χ1n) is 9.17. The van der Waals surface area contributed by atoms with Gasteiger partial charge in [0, 0.05) is 46.2 Å². The number of amides is 1. The smallest absolute Gasteiger partial charge is 0.229 e. The zero-order valence-corrected chi connectivity index (χ0v) is 15.5. The zero-order valence-electron chi connectivity index (χ0n) is 15.5. The number of nitrogens with two attached hydrogens (primary N) is 1. The van der Waals surface area contributed by atoms with Crippen LogP contribution >= 0.6 is 0 Å². The average molecular weight is 347 g/mol. The fourth-order valence-corrected chi connectivity index (χ4v) is 3.71. The van der Waals surface area contributed by atoms with Gasteiger partial charge in [-0.2, -0.15) is 15.0 Å². The number of nitrogens with zero attached hydrogens (tertiary/aromatic N) is 6. The molecule has 1 aromatic rings. The van der Waals surface area contributed by atoms with E-state index in [0.717, 1.165) is 39.0 Å². The zero-order chi connectivity index (χ0) is 18.0. The largest absolute Gasteiger partial charge is 0.368 e. The van der Waals surface area contributed by atoms with E-state index in [2.05, 4.69) is 26.8 Å². The molecule has 25 heavy (non-hydrogen) atoms. The van der Waals surface area contributed by atoms with E-state index < -0.39 is 0 Å². The minimum Gasteiger partial charge on any atom is -0.368 e. The van der Waals surface area contributed by atoms with Gasteiger partial charge in [0.05, 0.1) is 6.04 Å². The molecule has 1 aromatic heterocycles. The molecular weight excluding hydrogens is 318 g/mol. The van der Waals surface area contributed by atoms with Gasteiger partial charge in [-0.05, 0) is 19.8 Å². The van der Waals surface area contributed by atoms with E-state index in [1.807, 2.05) is 23.9 Å². The highest BCUT2D eigenvalue weighted by atomic mass is 16.2. The highest BCUT2D eigenvalue weighted by Gasteiger charge is 2.31. The van der Waals surface area contributed by atoms with Gasteiger partial charge in [-0.1, -0.05) is 12.8 Å². The summed E-state index contributed by atoms with van der Waals surface area (Å²) in [5, 5.41) is 0. The van der Waals surface area contributed by atoms with Crippen LogP contribution in [0.4, 0.5) is 11.9 Å². The molecule has 0 bridgehead atoms. The Kier molecular flexibility index (Phi) is 5.36. The number of hydrogen-bond donors (Lipinski definition) is 1. The number of rotatable bonds is 4. The highest BCUT2D eigenvalue weighted by molar-refractivity contribution is 5.79. The van der Waals surface area contributed by atoms with Crippen LogP contribution in [0.15, 0.2) is 0 Å². The third-order valence-corrected chi connectivity index (χ3v) is 5.31. The maximum absolute atomic E-state index is 12.6. The Labute approximate surface area is 149 Å². The van der Waals surface area contributed by atoms with Crippen molar-refractivity contribution >= 4 is 17.8 Å². The number of anilines is 2. The maximum atomic E-state index is 12.6. The normalized spacial score (nSPS) is 20.7. The molecule has 1 saturated heterocycles. The Morgan fingerprint density at radius 3 is 2.36 bits per heavy atom. The molecule has 138 valence electrons. The maximum Gasteiger partial charge on any atom is 0.229 e. The van der Waals surface area contributed by atoms with Gasteiger partial charge in [0.2, 0.25) is 17.8 Å². The standard InChI is InChI=1S/C17H29N7O/c1-12(14-19-16(18)21-17(20-14)22(2)3)23-8-10-24(11-9-23)15(25)13-6-4-5-7-13/h12-13H,4-11H2,1-3H3,(H2,18,19,20,21)/t12-/m1/s1. The molecule has 8 nitrogen and oxygen atoms in total. The lowest BCUT2D eigenvalue weighted by Gasteiger charge is -2.38. The van der Waals surface area contributed by atoms with E-state index in [1.165, 1.54) is 12.8 Å². The van der Waals surface area contributed by atoms with Crippen LogP contribution in [-0.2, 0) is 4.79 Å². The van der Waals surface area contributed by atoms with Gasteiger partial charge in [0.15, 0.2) is 5.82 Å². The number of carbonyl (C=O) groups excluding carboxylic acids is 1. The Morgan fingerprint density at radius 2 is 1.76 bits per heavy atom. The average Bonchev–Trinajstić information content (AvgIpc) is 3.14. The van der Waals surface area contributed by atoms with E-state index in [0.29, 0.717) is 17.7 Å². The molecule has 1 aliphatic carbocycles. The first kappa shape index (κ1) is 17.8. The molecule has 1 saturated carbocycles. The van der Waals surface area contributed by atoms with Crippen LogP contribution in [0.2, 0.25) is 0 Å². The fraction of sp³-hybridized carbons (Fsp3) is 0.765. The molecule has 8 heteroatoms. The van der Waals surface area contributed by atoms with Gasteiger partial charge in [-0.15, -0.1) is 0 Å². The predicted octanol–water partition coefficient (Wildman–Crippen LogP) is 0.915. The molecule has 2 N–H and O–H groups in total. The summed E-state index contributed by atoms with van der Waals surface area (Å²) in [6.07, 6.45) is 4.52. The molecule has 0 aromatic carbocycles. The minimum absolute atomic E-state index is 0.0488. The second-order valence-corrected chi connectivity index (χ2v) is 7.26. The van der Waals surface area contributed by atoms with Crippen molar-refractivity contribution in [3.8, 4) is 0 Å². The van der Waals surface area contributed by atoms with Crippen molar-refractivity contribution in [3.05, 3.63) is 5.82 Å². The molecule has 0 unspecified atom stereocenters. The van der Waals surface area contributed by atoms with Crippen LogP contribution in [0.25, 0.3) is 0 Å². The highest BCUT2D eigenvalue weighted by Crippen LogP contribution is 2.27. The number of piperazine rings is 1. The van der Waals surface area contributed by atoms with Gasteiger partial charge in [-0.3, -0.25) is 9.69 Å². The van der Waals surface area contributed by atoms with E-state index >= 15 is 0 Å². The van der Waals surface area contributed by atoms with Gasteiger partial charge in [0.25, 0.3) is 0 Å². The summed E-state index contributed by atoms with van der Waals surface area (Å²) in [6.45, 7) is 5.31. The number of nitrogen functional groups attached to an aromatic ring is 1. The Balaban J connectivity index is 1.61. The van der Waals surface area contributed by atoms with Crippen LogP contribution in [0, 0.1) is 5.92 Å². The second-order valence-electron chi connectivity index (χ2n) is 7.26. The van der Waals surface area contributed by atoms with E-state index in [4.69, 9.17) is 5.73 Å². The van der Waals surface area contributed by atoms with Crippen molar-refractivity contribution in [3.63, 3.8) is 0 Å². The summed E-state index contributed by atoms with van der Waals surface area (Å²) in [5.41, 5.74) is 5.84. The van der Waals surface area contributed by atoms with Crippen molar-refractivity contribution in [1.29, 1.82) is 0 Å². The summed E-state index contributed by atoms with van der Waals surface area (Å²) >= 11 is 0. The SMILES string of the molecule is C[C@H](c1nc(N)nc(N(C)C)n1)N1CCN(C(=O)C2CCCC2)CC1. The van der Waals surface area contributed by atoms with E-state index in [1.54, 1.807) is 0 Å². The van der Waals surface area contributed by atoms with Crippen LogP contribution in [-0.4, -0.2) is 70.9 Å². The van der Waals surface area contributed by atoms with Crippen LogP contribution < -0.4 is 10.6 Å². The summed E-state index contributed by atoms with van der Waals surface area (Å²) in [6, 6.07) is 0.0488. The molecule has 2 heterocycles. The summed E-state index contributed by atoms with van der Waals surface area (Å²) in [7, 11) is 3.77. The van der Waals surface area contributed by atoms with Crippen LogP contribution in [0.1, 0.15) is 44.5 Å². The van der Waals surface area contributed by atoms with E-state index in [-0.39, 0.29) is 17.9 Å². The van der Waals surface area contributed by atoms with Gasteiger partial charge < -0.3 is 15.5 Å². The first-order chi connectivity index (χ1) is 12.0. The summed E-state index contributed by atoms with van der Waals surface area (Å²) < 4.78 is 0. The minimum atomic E-state index is 0.0488. The number of carbonyl (C=O) groups is 1. The van der Waals surface area contributed by atoms with Crippen molar-refractivity contribution < 1.29 is 4.79 Å².